The van der Waals surface area contributed by atoms with E-state index in [4.69, 9.17) is 9.47 Å². The van der Waals surface area contributed by atoms with Gasteiger partial charge in [-0.2, -0.15) is 0 Å². The van der Waals surface area contributed by atoms with Gasteiger partial charge in [0.25, 0.3) is 0 Å². The molecule has 0 unspecified atom stereocenters. The second-order valence-electron chi connectivity index (χ2n) is 9.18. The van der Waals surface area contributed by atoms with Crippen molar-refractivity contribution in [3.05, 3.63) is 35.0 Å². The molecular weight excluding hydrogens is 436 g/mol. The highest BCUT2D eigenvalue weighted by Crippen LogP contribution is 2.34. The fourth-order valence-electron chi connectivity index (χ4n) is 5.27. The van der Waals surface area contributed by atoms with Crippen LogP contribution in [0.4, 0.5) is 4.79 Å². The van der Waals surface area contributed by atoms with E-state index in [2.05, 4.69) is 20.4 Å². The average Bonchev–Trinajstić information content (AvgIpc) is 2.86. The average molecular weight is 473 g/mol. The van der Waals surface area contributed by atoms with Gasteiger partial charge in [-0.25, -0.2) is 9.59 Å². The highest BCUT2D eigenvalue weighted by Gasteiger charge is 2.35. The first-order chi connectivity index (χ1) is 16.5. The Morgan fingerprint density at radius 1 is 1.15 bits per heavy atom. The summed E-state index contributed by atoms with van der Waals surface area (Å²) in [4.78, 5) is 30.4. The molecule has 1 aromatic carbocycles. The maximum absolute atomic E-state index is 12.9. The van der Waals surface area contributed by atoms with Gasteiger partial charge in [0, 0.05) is 31.4 Å². The molecule has 3 aliphatic rings. The van der Waals surface area contributed by atoms with Gasteiger partial charge >= 0.3 is 12.0 Å². The number of phenols is 1. The molecule has 1 aromatic rings. The molecule has 186 valence electrons. The van der Waals surface area contributed by atoms with E-state index in [9.17, 15) is 14.7 Å². The normalized spacial score (nSPS) is 22.8. The van der Waals surface area contributed by atoms with Crippen molar-refractivity contribution >= 4 is 12.0 Å². The minimum Gasteiger partial charge on any atom is -0.504 e. The molecule has 0 saturated carbocycles. The largest absolute Gasteiger partial charge is 0.504 e. The molecular formula is C25H36N4O5. The van der Waals surface area contributed by atoms with Crippen molar-refractivity contribution in [2.75, 3.05) is 46.4 Å². The molecule has 34 heavy (non-hydrogen) atoms. The van der Waals surface area contributed by atoms with Gasteiger partial charge in [-0.15, -0.1) is 0 Å². The lowest BCUT2D eigenvalue weighted by Crippen LogP contribution is -2.51. The van der Waals surface area contributed by atoms with E-state index in [0.29, 0.717) is 41.8 Å². The number of phenolic OH excluding ortho intramolecular Hbond substituents is 1. The van der Waals surface area contributed by atoms with Gasteiger partial charge in [-0.1, -0.05) is 12.5 Å². The molecule has 3 heterocycles. The Labute approximate surface area is 201 Å². The van der Waals surface area contributed by atoms with Crippen LogP contribution in [-0.4, -0.2) is 79.4 Å². The number of nitrogens with zero attached hydrogens (tertiary/aromatic N) is 2. The van der Waals surface area contributed by atoms with Gasteiger partial charge in [0.05, 0.1) is 25.3 Å². The van der Waals surface area contributed by atoms with E-state index >= 15 is 0 Å². The number of rotatable bonds is 7. The molecule has 2 amide bonds. The third-order valence-corrected chi connectivity index (χ3v) is 7.02. The van der Waals surface area contributed by atoms with Crippen LogP contribution in [-0.2, 0) is 9.53 Å². The van der Waals surface area contributed by atoms with E-state index in [1.807, 2.05) is 6.92 Å². The maximum atomic E-state index is 12.9. The van der Waals surface area contributed by atoms with Crippen LogP contribution >= 0.6 is 0 Å². The summed E-state index contributed by atoms with van der Waals surface area (Å²) >= 11 is 0. The van der Waals surface area contributed by atoms with Crippen LogP contribution in [0, 0.1) is 0 Å². The van der Waals surface area contributed by atoms with Crippen molar-refractivity contribution < 1.29 is 24.2 Å². The summed E-state index contributed by atoms with van der Waals surface area (Å²) in [6, 6.07) is 4.38. The molecule has 3 aliphatic heterocycles. The van der Waals surface area contributed by atoms with Crippen molar-refractivity contribution in [3.63, 3.8) is 0 Å². The third kappa shape index (κ3) is 5.47. The number of amides is 2. The number of aromatic hydroxyl groups is 1. The van der Waals surface area contributed by atoms with Crippen molar-refractivity contribution in [2.45, 2.75) is 51.1 Å². The topological polar surface area (TPSA) is 103 Å². The van der Waals surface area contributed by atoms with E-state index in [-0.39, 0.29) is 11.8 Å². The van der Waals surface area contributed by atoms with Crippen LogP contribution in [0.3, 0.4) is 0 Å². The molecule has 4 rings (SSSR count). The lowest BCUT2D eigenvalue weighted by atomic mass is 9.94. The van der Waals surface area contributed by atoms with Crippen LogP contribution < -0.4 is 15.4 Å². The molecule has 9 nitrogen and oxygen atoms in total. The summed E-state index contributed by atoms with van der Waals surface area (Å²) < 4.78 is 10.6. The fraction of sp³-hybridized carbons (Fsp3) is 0.600. The minimum atomic E-state index is -0.707. The van der Waals surface area contributed by atoms with Gasteiger partial charge in [0.1, 0.15) is 0 Å². The van der Waals surface area contributed by atoms with Crippen LogP contribution in [0.1, 0.15) is 50.6 Å². The minimum absolute atomic E-state index is 0.00579. The lowest BCUT2D eigenvalue weighted by Gasteiger charge is -2.41. The van der Waals surface area contributed by atoms with Crippen LogP contribution in [0.2, 0.25) is 0 Å². The molecule has 0 aromatic heterocycles. The Morgan fingerprint density at radius 3 is 2.56 bits per heavy atom. The Bertz CT molecular complexity index is 920. The van der Waals surface area contributed by atoms with E-state index in [1.165, 1.54) is 45.5 Å². The molecule has 2 saturated heterocycles. The first kappa shape index (κ1) is 24.3. The van der Waals surface area contributed by atoms with Crippen LogP contribution in [0.25, 0.3) is 0 Å². The van der Waals surface area contributed by atoms with E-state index < -0.39 is 12.0 Å². The monoisotopic (exact) mass is 472 g/mol. The van der Waals surface area contributed by atoms with Crippen molar-refractivity contribution in [1.82, 2.24) is 20.4 Å². The molecule has 0 bridgehead atoms. The summed E-state index contributed by atoms with van der Waals surface area (Å²) in [7, 11) is 1.34. The zero-order chi connectivity index (χ0) is 24.1. The summed E-state index contributed by atoms with van der Waals surface area (Å²) in [5, 5.41) is 15.8. The number of esters is 1. The molecule has 0 aliphatic carbocycles. The first-order valence-electron chi connectivity index (χ1n) is 12.3. The van der Waals surface area contributed by atoms with Gasteiger partial charge in [-0.3, -0.25) is 4.90 Å². The van der Waals surface area contributed by atoms with Gasteiger partial charge < -0.3 is 30.1 Å². The van der Waals surface area contributed by atoms with Crippen molar-refractivity contribution in [2.24, 2.45) is 0 Å². The zero-order valence-corrected chi connectivity index (χ0v) is 20.1. The number of ether oxygens (including phenoxy) is 2. The number of nitrogens with one attached hydrogen (secondary N) is 2. The highest BCUT2D eigenvalue weighted by molar-refractivity contribution is 5.95. The molecule has 2 fully saturated rings. The predicted molar refractivity (Wildman–Crippen MR) is 128 cm³/mol. The number of carbonyl (C=O) groups is 2. The zero-order valence-electron chi connectivity index (χ0n) is 20.1. The summed E-state index contributed by atoms with van der Waals surface area (Å²) in [6.45, 7) is 6.90. The number of hydrogen-bond donors (Lipinski definition) is 3. The quantitative estimate of drug-likeness (QED) is 0.524. The Kier molecular flexibility index (Phi) is 7.95. The van der Waals surface area contributed by atoms with Crippen molar-refractivity contribution in [3.8, 4) is 11.5 Å². The lowest BCUT2D eigenvalue weighted by molar-refractivity contribution is -0.136. The Balaban J connectivity index is 1.54. The predicted octanol–water partition coefficient (Wildman–Crippen LogP) is 2.52. The Morgan fingerprint density at radius 2 is 1.88 bits per heavy atom. The Hall–Kier alpha value is -2.78. The molecule has 3 N–H and O–H groups in total. The third-order valence-electron chi connectivity index (χ3n) is 7.02. The maximum Gasteiger partial charge on any atom is 0.338 e. The van der Waals surface area contributed by atoms with E-state index in [1.54, 1.807) is 12.1 Å². The molecule has 0 spiro atoms. The number of benzene rings is 1. The highest BCUT2D eigenvalue weighted by atomic mass is 16.5. The summed E-state index contributed by atoms with van der Waals surface area (Å²) in [6.07, 6.45) is 6.09. The van der Waals surface area contributed by atoms with Crippen LogP contribution in [0.15, 0.2) is 29.5 Å². The number of carbonyl (C=O) groups excluding carboxylic acids is 2. The van der Waals surface area contributed by atoms with Gasteiger partial charge in [-0.05, 0) is 63.4 Å². The summed E-state index contributed by atoms with van der Waals surface area (Å²) in [5.74, 6) is -0.189. The second kappa shape index (κ2) is 11.1. The standard InChI is InChI=1S/C25H36N4O5/c1-3-34-21-15-17(7-8-20(21)30)23-22(24(31)33-2)19(26-25(32)27-23)16-28-13-9-18(10-14-28)29-11-5-4-6-12-29/h7-8,15,18,23,30H,3-6,9-14,16H2,1-2H3,(H2,26,27,32)/t23-/m0/s1. The second-order valence-corrected chi connectivity index (χ2v) is 9.18. The smallest absolute Gasteiger partial charge is 0.338 e. The van der Waals surface area contributed by atoms with E-state index in [0.717, 1.165) is 25.9 Å². The van der Waals surface area contributed by atoms with Gasteiger partial charge in [0.15, 0.2) is 11.5 Å². The molecule has 0 radical (unpaired) electrons. The number of piperidine rings is 2. The number of methoxy groups -OCH3 is 1. The fourth-order valence-corrected chi connectivity index (χ4v) is 5.27. The summed E-state index contributed by atoms with van der Waals surface area (Å²) in [5.41, 5.74) is 1.56. The van der Waals surface area contributed by atoms with Crippen molar-refractivity contribution in [1.29, 1.82) is 0 Å². The van der Waals surface area contributed by atoms with Crippen LogP contribution in [0.5, 0.6) is 11.5 Å². The molecule has 9 heteroatoms. The number of urea groups is 1. The number of likely N-dealkylation sites (tertiary alicyclic amines) is 2. The van der Waals surface area contributed by atoms with Gasteiger partial charge in [0.2, 0.25) is 0 Å². The first-order valence-corrected chi connectivity index (χ1v) is 12.3. The molecule has 1 atom stereocenters. The SMILES string of the molecule is CCOc1cc([C@@H]2NC(=O)NC(CN3CCC(N4CCCCC4)CC3)=C2C(=O)OC)ccc1O. The number of hydrogen-bond acceptors (Lipinski definition) is 7.